The highest BCUT2D eigenvalue weighted by Crippen LogP contribution is 2.41. The van der Waals surface area contributed by atoms with Crippen LogP contribution in [0.5, 0.6) is 11.5 Å². The molecule has 1 aromatic carbocycles. The number of hydrogen-bond acceptors (Lipinski definition) is 6. The van der Waals surface area contributed by atoms with Crippen LogP contribution in [0.1, 0.15) is 32.1 Å². The molecule has 2 fully saturated rings. The molecule has 0 amide bonds. The molecule has 7 nitrogen and oxygen atoms in total. The Hall–Kier alpha value is -1.35. The molecule has 0 aliphatic carbocycles. The van der Waals surface area contributed by atoms with Crippen molar-refractivity contribution in [1.29, 1.82) is 0 Å². The van der Waals surface area contributed by atoms with Crippen LogP contribution in [0.3, 0.4) is 0 Å². The highest BCUT2D eigenvalue weighted by atomic mass is 32.2. The maximum absolute atomic E-state index is 13.5. The van der Waals surface area contributed by atoms with Gasteiger partial charge in [0.05, 0.1) is 14.2 Å². The Kier molecular flexibility index (Phi) is 7.42. The number of benzene rings is 1. The first-order valence-corrected chi connectivity index (χ1v) is 11.8. The van der Waals surface area contributed by atoms with Gasteiger partial charge in [-0.25, -0.2) is 8.42 Å². The zero-order chi connectivity index (χ0) is 20.9. The lowest BCUT2D eigenvalue weighted by molar-refractivity contribution is 0.0359. The largest absolute Gasteiger partial charge is 0.497 e. The zero-order valence-corrected chi connectivity index (χ0v) is 18.7. The van der Waals surface area contributed by atoms with Crippen LogP contribution < -0.4 is 9.47 Å². The van der Waals surface area contributed by atoms with Gasteiger partial charge in [0.2, 0.25) is 10.0 Å². The predicted molar refractivity (Wildman–Crippen MR) is 112 cm³/mol. The second-order valence-corrected chi connectivity index (χ2v) is 10.1. The predicted octanol–water partition coefficient (Wildman–Crippen LogP) is 2.61. The molecular formula is C21H34N2O5S. The van der Waals surface area contributed by atoms with E-state index in [2.05, 4.69) is 4.90 Å². The maximum atomic E-state index is 13.5. The molecule has 1 spiro atoms. The topological polar surface area (TPSA) is 68.3 Å². The summed E-state index contributed by atoms with van der Waals surface area (Å²) >= 11 is 0. The van der Waals surface area contributed by atoms with Crippen molar-refractivity contribution in [2.75, 3.05) is 60.7 Å². The van der Waals surface area contributed by atoms with Crippen molar-refractivity contribution in [3.63, 3.8) is 0 Å². The van der Waals surface area contributed by atoms with E-state index in [1.54, 1.807) is 29.6 Å². The highest BCUT2D eigenvalue weighted by molar-refractivity contribution is 7.89. The molecule has 3 rings (SSSR count). The number of hydrogen-bond donors (Lipinski definition) is 0. The van der Waals surface area contributed by atoms with E-state index in [1.165, 1.54) is 14.2 Å². The quantitative estimate of drug-likeness (QED) is 0.595. The molecule has 2 aliphatic rings. The van der Waals surface area contributed by atoms with Gasteiger partial charge in [-0.15, -0.1) is 0 Å². The van der Waals surface area contributed by atoms with Gasteiger partial charge >= 0.3 is 0 Å². The molecule has 8 heteroatoms. The lowest BCUT2D eigenvalue weighted by Crippen LogP contribution is -2.53. The van der Waals surface area contributed by atoms with Gasteiger partial charge in [-0.05, 0) is 56.2 Å². The summed E-state index contributed by atoms with van der Waals surface area (Å²) in [6, 6.07) is 4.94. The van der Waals surface area contributed by atoms with E-state index in [9.17, 15) is 8.42 Å². The summed E-state index contributed by atoms with van der Waals surface area (Å²) in [5.74, 6) is 0.869. The summed E-state index contributed by atoms with van der Waals surface area (Å²) in [4.78, 5) is 2.66. The molecule has 2 heterocycles. The molecule has 2 saturated heterocycles. The maximum Gasteiger partial charge on any atom is 0.246 e. The summed E-state index contributed by atoms with van der Waals surface area (Å²) in [7, 11) is 1.10. The van der Waals surface area contributed by atoms with Crippen LogP contribution in [0.2, 0.25) is 0 Å². The fourth-order valence-corrected chi connectivity index (χ4v) is 6.52. The second-order valence-electron chi connectivity index (χ2n) is 8.18. The van der Waals surface area contributed by atoms with Gasteiger partial charge in [0, 0.05) is 46.0 Å². The third-order valence-electron chi connectivity index (χ3n) is 6.18. The van der Waals surface area contributed by atoms with Crippen molar-refractivity contribution in [3.05, 3.63) is 18.2 Å². The standard InChI is InChI=1S/C21H34N2O5S/c1-26-14-6-12-22-11-4-9-21(16-22)10-5-13-23(17-21)29(24,25)20-15-18(27-2)7-8-19(20)28-3/h7-8,15H,4-6,9-14,16-17H2,1-3H3. The Morgan fingerprint density at radius 1 is 1.03 bits per heavy atom. The molecular weight excluding hydrogens is 392 g/mol. The van der Waals surface area contributed by atoms with E-state index in [1.807, 2.05) is 0 Å². The van der Waals surface area contributed by atoms with E-state index in [0.29, 0.717) is 24.6 Å². The number of likely N-dealkylation sites (tertiary alicyclic amines) is 1. The second kappa shape index (κ2) is 9.64. The van der Waals surface area contributed by atoms with Crippen LogP contribution >= 0.6 is 0 Å². The van der Waals surface area contributed by atoms with Crippen LogP contribution in [0.15, 0.2) is 23.1 Å². The number of rotatable bonds is 8. The number of ether oxygens (including phenoxy) is 3. The van der Waals surface area contributed by atoms with Gasteiger partial charge in [0.1, 0.15) is 16.4 Å². The van der Waals surface area contributed by atoms with E-state index in [0.717, 1.165) is 58.3 Å². The first kappa shape index (κ1) is 22.3. The Balaban J connectivity index is 1.79. The van der Waals surface area contributed by atoms with Crippen LogP contribution in [-0.4, -0.2) is 78.3 Å². The molecule has 1 unspecified atom stereocenters. The van der Waals surface area contributed by atoms with Crippen LogP contribution in [0, 0.1) is 5.41 Å². The summed E-state index contributed by atoms with van der Waals surface area (Å²) in [6.07, 6.45) is 5.17. The lowest BCUT2D eigenvalue weighted by atomic mass is 9.74. The number of piperidine rings is 2. The van der Waals surface area contributed by atoms with Gasteiger partial charge in [0.25, 0.3) is 0 Å². The van der Waals surface area contributed by atoms with Crippen molar-refractivity contribution in [2.45, 2.75) is 37.0 Å². The average Bonchev–Trinajstić information content (AvgIpc) is 2.73. The highest BCUT2D eigenvalue weighted by Gasteiger charge is 2.43. The Morgan fingerprint density at radius 3 is 2.48 bits per heavy atom. The number of sulfonamides is 1. The minimum atomic E-state index is -3.66. The van der Waals surface area contributed by atoms with E-state index >= 15 is 0 Å². The van der Waals surface area contributed by atoms with Crippen molar-refractivity contribution < 1.29 is 22.6 Å². The van der Waals surface area contributed by atoms with E-state index in [4.69, 9.17) is 14.2 Å². The Labute approximate surface area is 175 Å². The van der Waals surface area contributed by atoms with Gasteiger partial charge < -0.3 is 19.1 Å². The Morgan fingerprint density at radius 2 is 1.79 bits per heavy atom. The first-order valence-electron chi connectivity index (χ1n) is 10.4. The molecule has 1 atom stereocenters. The van der Waals surface area contributed by atoms with Crippen LogP contribution in [0.25, 0.3) is 0 Å². The molecule has 2 aliphatic heterocycles. The fourth-order valence-electron chi connectivity index (χ4n) is 4.76. The molecule has 0 radical (unpaired) electrons. The normalized spacial score (nSPS) is 24.0. The lowest BCUT2D eigenvalue weighted by Gasteiger charge is -2.48. The third kappa shape index (κ3) is 5.05. The number of nitrogens with zero attached hydrogens (tertiary/aromatic N) is 2. The van der Waals surface area contributed by atoms with Crippen molar-refractivity contribution in [3.8, 4) is 11.5 Å². The molecule has 0 saturated carbocycles. The monoisotopic (exact) mass is 426 g/mol. The molecule has 29 heavy (non-hydrogen) atoms. The molecule has 0 bridgehead atoms. The summed E-state index contributed by atoms with van der Waals surface area (Å²) in [6.45, 7) is 4.93. The fraction of sp³-hybridized carbons (Fsp3) is 0.714. The molecule has 0 N–H and O–H groups in total. The Bertz CT molecular complexity index is 781. The van der Waals surface area contributed by atoms with Crippen molar-refractivity contribution >= 4 is 10.0 Å². The van der Waals surface area contributed by atoms with Crippen LogP contribution in [0.4, 0.5) is 0 Å². The molecule has 0 aromatic heterocycles. The average molecular weight is 427 g/mol. The van der Waals surface area contributed by atoms with E-state index in [-0.39, 0.29) is 10.3 Å². The van der Waals surface area contributed by atoms with Crippen LogP contribution in [-0.2, 0) is 14.8 Å². The SMILES string of the molecule is COCCCN1CCCC2(CCCN(S(=O)(=O)c3cc(OC)ccc3OC)C2)C1. The number of methoxy groups -OCH3 is 3. The van der Waals surface area contributed by atoms with Gasteiger partial charge in [-0.2, -0.15) is 4.31 Å². The first-order chi connectivity index (χ1) is 13.9. The minimum Gasteiger partial charge on any atom is -0.497 e. The van der Waals surface area contributed by atoms with Crippen molar-refractivity contribution in [2.24, 2.45) is 5.41 Å². The van der Waals surface area contributed by atoms with Gasteiger partial charge in [-0.1, -0.05) is 0 Å². The van der Waals surface area contributed by atoms with Crippen molar-refractivity contribution in [1.82, 2.24) is 9.21 Å². The third-order valence-corrected chi connectivity index (χ3v) is 8.04. The summed E-state index contributed by atoms with van der Waals surface area (Å²) in [5.41, 5.74) is 0.0305. The van der Waals surface area contributed by atoms with E-state index < -0.39 is 10.0 Å². The van der Waals surface area contributed by atoms with Gasteiger partial charge in [0.15, 0.2) is 0 Å². The molecule has 164 valence electrons. The van der Waals surface area contributed by atoms with Gasteiger partial charge in [-0.3, -0.25) is 0 Å². The molecule has 1 aromatic rings. The summed E-state index contributed by atoms with van der Waals surface area (Å²) in [5, 5.41) is 0. The minimum absolute atomic E-state index is 0.0305. The zero-order valence-electron chi connectivity index (χ0n) is 17.9. The summed E-state index contributed by atoms with van der Waals surface area (Å²) < 4.78 is 44.5. The smallest absolute Gasteiger partial charge is 0.246 e.